The van der Waals surface area contributed by atoms with Crippen LogP contribution in [0.1, 0.15) is 54.3 Å². The maximum absolute atomic E-state index is 14.5. The molecule has 0 N–H and O–H groups in total. The van der Waals surface area contributed by atoms with Crippen molar-refractivity contribution >= 4 is 56.8 Å². The van der Waals surface area contributed by atoms with E-state index in [4.69, 9.17) is 9.47 Å². The van der Waals surface area contributed by atoms with Crippen molar-refractivity contribution in [3.8, 4) is 0 Å². The van der Waals surface area contributed by atoms with E-state index < -0.39 is 75.9 Å². The molecule has 2 fully saturated rings. The van der Waals surface area contributed by atoms with Gasteiger partial charge in [0.15, 0.2) is 28.5 Å². The molecule has 4 aliphatic rings. The molecule has 39 heavy (non-hydrogen) atoms. The van der Waals surface area contributed by atoms with Gasteiger partial charge in [-0.2, -0.15) is 0 Å². The molecule has 6 rings (SSSR count). The highest BCUT2D eigenvalue weighted by Gasteiger charge is 2.98. The van der Waals surface area contributed by atoms with Crippen LogP contribution in [0.3, 0.4) is 0 Å². The van der Waals surface area contributed by atoms with E-state index in [1.54, 1.807) is 24.3 Å². The fourth-order valence-electron chi connectivity index (χ4n) is 7.13. The lowest BCUT2D eigenvalue weighted by atomic mass is 9.67. The van der Waals surface area contributed by atoms with Gasteiger partial charge in [-0.1, -0.05) is 48.5 Å². The number of rotatable bonds is 4. The molecule has 0 saturated heterocycles. The van der Waals surface area contributed by atoms with Crippen molar-refractivity contribution in [3.05, 3.63) is 80.8 Å². The second-order valence-corrected chi connectivity index (χ2v) is 11.0. The van der Waals surface area contributed by atoms with E-state index in [1.807, 2.05) is 0 Å². The number of halogens is 1. The number of allylic oxidation sites excluding steroid dienone is 2. The lowest BCUT2D eigenvalue weighted by Crippen LogP contribution is -2.46. The summed E-state index contributed by atoms with van der Waals surface area (Å²) in [6, 6.07) is 12.1. The van der Waals surface area contributed by atoms with Gasteiger partial charge >= 0.3 is 11.9 Å². The predicted octanol–water partition coefficient (Wildman–Crippen LogP) is 3.09. The number of hydrogen-bond acceptors (Lipinski definition) is 9. The van der Waals surface area contributed by atoms with Gasteiger partial charge in [0, 0.05) is 34.2 Å². The molecular formula is C29H19BrO9. The summed E-state index contributed by atoms with van der Waals surface area (Å²) in [7, 11) is 2.07. The summed E-state index contributed by atoms with van der Waals surface area (Å²) in [5.74, 6) is -6.88. The van der Waals surface area contributed by atoms with Crippen LogP contribution in [0.15, 0.2) is 58.6 Å². The van der Waals surface area contributed by atoms with Crippen molar-refractivity contribution in [2.75, 3.05) is 14.2 Å². The van der Waals surface area contributed by atoms with Crippen molar-refractivity contribution in [1.29, 1.82) is 0 Å². The van der Waals surface area contributed by atoms with Gasteiger partial charge in [0.2, 0.25) is 5.78 Å². The molecule has 0 heterocycles. The van der Waals surface area contributed by atoms with E-state index in [9.17, 15) is 33.6 Å². The number of fused-ring (bicyclic) bond motifs is 3. The number of ether oxygens (including phenoxy) is 2. The van der Waals surface area contributed by atoms with Crippen LogP contribution in [-0.2, 0) is 23.9 Å². The van der Waals surface area contributed by atoms with Crippen LogP contribution in [0.25, 0.3) is 0 Å². The molecule has 0 radical (unpaired) electrons. The van der Waals surface area contributed by atoms with Gasteiger partial charge in [-0.25, -0.2) is 0 Å². The van der Waals surface area contributed by atoms with E-state index in [0.29, 0.717) is 0 Å². The van der Waals surface area contributed by atoms with Crippen molar-refractivity contribution in [3.63, 3.8) is 0 Å². The Morgan fingerprint density at radius 1 is 0.821 bits per heavy atom. The lowest BCUT2D eigenvalue weighted by molar-refractivity contribution is -0.161. The molecule has 4 atom stereocenters. The molecule has 1 spiro atoms. The number of ketones is 5. The summed E-state index contributed by atoms with van der Waals surface area (Å²) >= 11 is 3.18. The smallest absolute Gasteiger partial charge is 0.321 e. The molecule has 10 heteroatoms. The molecule has 0 aliphatic heterocycles. The summed E-state index contributed by atoms with van der Waals surface area (Å²) in [5.41, 5.74) is -6.16. The summed E-state index contributed by atoms with van der Waals surface area (Å²) in [5, 5.41) is 0. The second-order valence-electron chi connectivity index (χ2n) is 10.2. The molecule has 0 aromatic heterocycles. The number of hydrogen-bond donors (Lipinski definition) is 0. The Labute approximate surface area is 229 Å². The largest absolute Gasteiger partial charge is 0.468 e. The molecule has 2 aromatic carbocycles. The second kappa shape index (κ2) is 7.98. The van der Waals surface area contributed by atoms with Crippen LogP contribution in [0.4, 0.5) is 0 Å². The Hall–Kier alpha value is -4.05. The molecule has 4 aliphatic carbocycles. The number of methoxy groups -OCH3 is 2. The minimum Gasteiger partial charge on any atom is -0.468 e. The minimum atomic E-state index is -2.27. The molecular weight excluding hydrogens is 572 g/mol. The lowest BCUT2D eigenvalue weighted by Gasteiger charge is -2.32. The molecule has 9 nitrogen and oxygen atoms in total. The minimum absolute atomic E-state index is 0.0382. The van der Waals surface area contributed by atoms with E-state index in [1.165, 1.54) is 24.3 Å². The quantitative estimate of drug-likeness (QED) is 0.388. The molecule has 0 bridgehead atoms. The Morgan fingerprint density at radius 3 is 1.95 bits per heavy atom. The summed E-state index contributed by atoms with van der Waals surface area (Å²) in [6.45, 7) is 0. The van der Waals surface area contributed by atoms with Crippen LogP contribution in [-0.4, -0.2) is 55.1 Å². The van der Waals surface area contributed by atoms with Gasteiger partial charge in [0.25, 0.3) is 0 Å². The van der Waals surface area contributed by atoms with Gasteiger partial charge < -0.3 is 9.47 Å². The van der Waals surface area contributed by atoms with Crippen molar-refractivity contribution in [1.82, 2.24) is 0 Å². The Morgan fingerprint density at radius 2 is 1.36 bits per heavy atom. The van der Waals surface area contributed by atoms with Gasteiger partial charge in [0.05, 0.1) is 30.0 Å². The third-order valence-electron chi connectivity index (χ3n) is 8.74. The first kappa shape index (κ1) is 25.2. The number of esters is 2. The third-order valence-corrected chi connectivity index (χ3v) is 9.58. The average molecular weight is 591 g/mol. The fraction of sp³-hybridized carbons (Fsp3) is 0.276. The molecule has 0 amide bonds. The third kappa shape index (κ3) is 2.67. The number of Topliss-reactive ketones (excluding diaryl/α,β-unsaturated/α-hetero) is 5. The van der Waals surface area contributed by atoms with Crippen molar-refractivity contribution < 1.29 is 43.0 Å². The maximum Gasteiger partial charge on any atom is 0.321 e. The zero-order valence-electron chi connectivity index (χ0n) is 20.7. The molecule has 196 valence electrons. The predicted molar refractivity (Wildman–Crippen MR) is 135 cm³/mol. The van der Waals surface area contributed by atoms with E-state index in [-0.39, 0.29) is 32.3 Å². The van der Waals surface area contributed by atoms with Gasteiger partial charge in [-0.3, -0.25) is 33.6 Å². The number of benzene rings is 2. The summed E-state index contributed by atoms with van der Waals surface area (Å²) < 4.78 is 9.85. The zero-order valence-corrected chi connectivity index (χ0v) is 22.2. The molecule has 2 saturated carbocycles. The highest BCUT2D eigenvalue weighted by atomic mass is 79.9. The summed E-state index contributed by atoms with van der Waals surface area (Å²) in [4.78, 5) is 95.5. The number of carbonyl (C=O) groups excluding carboxylic acids is 7. The van der Waals surface area contributed by atoms with E-state index in [2.05, 4.69) is 15.9 Å². The Balaban J connectivity index is 1.55. The van der Waals surface area contributed by atoms with Crippen LogP contribution < -0.4 is 0 Å². The first-order valence-corrected chi connectivity index (χ1v) is 12.8. The average Bonchev–Trinajstić information content (AvgIpc) is 3.52. The first-order valence-electron chi connectivity index (χ1n) is 12.0. The Kier molecular flexibility index (Phi) is 5.17. The zero-order chi connectivity index (χ0) is 28.1. The highest BCUT2D eigenvalue weighted by Crippen LogP contribution is 2.83. The van der Waals surface area contributed by atoms with Crippen LogP contribution >= 0.6 is 15.9 Å². The first-order chi connectivity index (χ1) is 18.6. The van der Waals surface area contributed by atoms with Crippen LogP contribution in [0, 0.1) is 22.2 Å². The van der Waals surface area contributed by atoms with Gasteiger partial charge in [-0.05, 0) is 22.4 Å². The summed E-state index contributed by atoms with van der Waals surface area (Å²) in [6.07, 6.45) is -1.18. The van der Waals surface area contributed by atoms with Crippen molar-refractivity contribution in [2.24, 2.45) is 22.2 Å². The molecule has 0 unspecified atom stereocenters. The van der Waals surface area contributed by atoms with E-state index >= 15 is 0 Å². The molecule has 2 aromatic rings. The highest BCUT2D eigenvalue weighted by molar-refractivity contribution is 9.12. The van der Waals surface area contributed by atoms with Gasteiger partial charge in [0.1, 0.15) is 5.41 Å². The topological polar surface area (TPSA) is 138 Å². The maximum atomic E-state index is 14.5. The number of carbonyl (C=O) groups is 7. The fourth-order valence-corrected chi connectivity index (χ4v) is 7.66. The van der Waals surface area contributed by atoms with E-state index in [0.717, 1.165) is 14.2 Å². The standard InChI is InChI=1S/C29H19BrO9/c1-38-25(36)27(11-17-18(30)20(32)14-8-4-3-7-13(14)19(17)31)12-28-22(29(28,24(27)35)26(37)39-2)21(33)15-9-5-6-10-16(15)23(28)34/h3-10,22H,11-12H2,1-2H3/t22-,27+,28+,29+/m0/s1. The van der Waals surface area contributed by atoms with Crippen LogP contribution in [0.5, 0.6) is 0 Å². The SMILES string of the molecule is COC(=O)[C@]1(CC2=C(Br)C(=O)c3ccccc3C2=O)C[C@]23C(=O)c4ccccc4C(=O)[C@@H]2[C@]3(C(=O)OC)C1=O. The van der Waals surface area contributed by atoms with Crippen LogP contribution in [0.2, 0.25) is 0 Å². The normalized spacial score (nSPS) is 30.3. The van der Waals surface area contributed by atoms with Crippen molar-refractivity contribution in [2.45, 2.75) is 12.8 Å². The monoisotopic (exact) mass is 590 g/mol. The Bertz CT molecular complexity index is 1650. The van der Waals surface area contributed by atoms with Gasteiger partial charge in [-0.15, -0.1) is 0 Å².